The molecule has 0 saturated carbocycles. The standard InChI is InChI=1S/C14H18/c1-9-8-10(2)13-7-6-11-4-3-5-12(9)14(11)13/h8,11H,3-7H2,1-2H3. The summed E-state index contributed by atoms with van der Waals surface area (Å²) in [6.07, 6.45) is 6.97. The van der Waals surface area contributed by atoms with Crippen LogP contribution in [-0.2, 0) is 12.8 Å². The van der Waals surface area contributed by atoms with E-state index < -0.39 is 0 Å². The summed E-state index contributed by atoms with van der Waals surface area (Å²) in [7, 11) is 0. The van der Waals surface area contributed by atoms with E-state index in [1.807, 2.05) is 0 Å². The second-order valence-electron chi connectivity index (χ2n) is 5.01. The third kappa shape index (κ3) is 1.00. The highest BCUT2D eigenvalue weighted by Gasteiger charge is 2.29. The molecule has 0 aliphatic heterocycles. The molecule has 1 unspecified atom stereocenters. The van der Waals surface area contributed by atoms with Gasteiger partial charge in [0.25, 0.3) is 0 Å². The molecule has 0 fully saturated rings. The minimum Gasteiger partial charge on any atom is -0.0558 e. The van der Waals surface area contributed by atoms with Crippen LogP contribution >= 0.6 is 0 Å². The lowest BCUT2D eigenvalue weighted by atomic mass is 9.81. The van der Waals surface area contributed by atoms with E-state index in [9.17, 15) is 0 Å². The van der Waals surface area contributed by atoms with E-state index in [2.05, 4.69) is 19.9 Å². The highest BCUT2D eigenvalue weighted by molar-refractivity contribution is 5.50. The smallest absolute Gasteiger partial charge is 0.0153 e. The van der Waals surface area contributed by atoms with E-state index >= 15 is 0 Å². The number of benzene rings is 1. The van der Waals surface area contributed by atoms with Crippen LogP contribution in [-0.4, -0.2) is 0 Å². The molecule has 1 aromatic rings. The molecular formula is C14H18. The molecule has 2 aliphatic carbocycles. The Morgan fingerprint density at radius 1 is 1.00 bits per heavy atom. The fraction of sp³-hybridized carbons (Fsp3) is 0.571. The van der Waals surface area contributed by atoms with Gasteiger partial charge in [0.15, 0.2) is 0 Å². The first-order chi connectivity index (χ1) is 6.77. The first kappa shape index (κ1) is 8.52. The van der Waals surface area contributed by atoms with E-state index in [0.717, 1.165) is 5.92 Å². The lowest BCUT2D eigenvalue weighted by molar-refractivity contribution is 0.553. The van der Waals surface area contributed by atoms with Gasteiger partial charge in [-0.2, -0.15) is 0 Å². The minimum absolute atomic E-state index is 0.923. The Morgan fingerprint density at radius 3 is 2.50 bits per heavy atom. The van der Waals surface area contributed by atoms with Crippen LogP contribution in [0.1, 0.15) is 53.0 Å². The third-order valence-electron chi connectivity index (χ3n) is 4.17. The lowest BCUT2D eigenvalue weighted by Crippen LogP contribution is -2.09. The van der Waals surface area contributed by atoms with Gasteiger partial charge in [-0.15, -0.1) is 0 Å². The average Bonchev–Trinajstić information content (AvgIpc) is 2.59. The quantitative estimate of drug-likeness (QED) is 0.580. The third-order valence-corrected chi connectivity index (χ3v) is 4.17. The van der Waals surface area contributed by atoms with Crippen LogP contribution in [0.25, 0.3) is 0 Å². The molecule has 1 atom stereocenters. The van der Waals surface area contributed by atoms with Gasteiger partial charge in [-0.3, -0.25) is 0 Å². The second kappa shape index (κ2) is 2.85. The van der Waals surface area contributed by atoms with Gasteiger partial charge in [-0.1, -0.05) is 6.07 Å². The van der Waals surface area contributed by atoms with Crippen LogP contribution < -0.4 is 0 Å². The molecule has 0 radical (unpaired) electrons. The summed E-state index contributed by atoms with van der Waals surface area (Å²) >= 11 is 0. The largest absolute Gasteiger partial charge is 0.0558 e. The van der Waals surface area contributed by atoms with Crippen molar-refractivity contribution < 1.29 is 0 Å². The molecule has 1 aromatic carbocycles. The summed E-state index contributed by atoms with van der Waals surface area (Å²) < 4.78 is 0. The number of aryl methyl sites for hydroxylation is 2. The van der Waals surface area contributed by atoms with E-state index in [1.165, 1.54) is 32.1 Å². The summed E-state index contributed by atoms with van der Waals surface area (Å²) in [5.74, 6) is 0.923. The van der Waals surface area contributed by atoms with Gasteiger partial charge in [0, 0.05) is 0 Å². The Hall–Kier alpha value is -0.780. The molecule has 74 valence electrons. The Bertz CT molecular complexity index is 388. The normalized spacial score (nSPS) is 23.7. The molecule has 14 heavy (non-hydrogen) atoms. The van der Waals surface area contributed by atoms with Crippen LogP contribution in [0.15, 0.2) is 6.07 Å². The lowest BCUT2D eigenvalue weighted by Gasteiger charge is -2.24. The van der Waals surface area contributed by atoms with E-state index in [1.54, 1.807) is 27.8 Å². The van der Waals surface area contributed by atoms with Crippen LogP contribution in [0.5, 0.6) is 0 Å². The molecule has 0 bridgehead atoms. The summed E-state index contributed by atoms with van der Waals surface area (Å²) in [6, 6.07) is 2.40. The Kier molecular flexibility index (Phi) is 1.74. The van der Waals surface area contributed by atoms with Gasteiger partial charge in [0.1, 0.15) is 0 Å². The van der Waals surface area contributed by atoms with Gasteiger partial charge in [0.2, 0.25) is 0 Å². The number of hydrogen-bond acceptors (Lipinski definition) is 0. The van der Waals surface area contributed by atoms with Crippen molar-refractivity contribution in [2.75, 3.05) is 0 Å². The van der Waals surface area contributed by atoms with Gasteiger partial charge >= 0.3 is 0 Å². The number of hydrogen-bond donors (Lipinski definition) is 0. The van der Waals surface area contributed by atoms with Crippen molar-refractivity contribution in [3.8, 4) is 0 Å². The molecule has 0 saturated heterocycles. The zero-order valence-corrected chi connectivity index (χ0v) is 9.19. The molecule has 0 heteroatoms. The molecule has 0 spiro atoms. The monoisotopic (exact) mass is 186 g/mol. The molecule has 3 rings (SSSR count). The molecule has 0 N–H and O–H groups in total. The zero-order chi connectivity index (χ0) is 9.71. The van der Waals surface area contributed by atoms with Crippen molar-refractivity contribution in [1.82, 2.24) is 0 Å². The van der Waals surface area contributed by atoms with Crippen LogP contribution in [0, 0.1) is 13.8 Å². The van der Waals surface area contributed by atoms with E-state index in [0.29, 0.717) is 0 Å². The van der Waals surface area contributed by atoms with Crippen LogP contribution in [0.2, 0.25) is 0 Å². The molecular weight excluding hydrogens is 168 g/mol. The minimum atomic E-state index is 0.923. The van der Waals surface area contributed by atoms with Crippen molar-refractivity contribution in [1.29, 1.82) is 0 Å². The van der Waals surface area contributed by atoms with Crippen molar-refractivity contribution in [2.45, 2.75) is 51.9 Å². The maximum absolute atomic E-state index is 2.40. The Morgan fingerprint density at radius 2 is 1.71 bits per heavy atom. The summed E-state index contributed by atoms with van der Waals surface area (Å²) in [6.45, 7) is 4.59. The number of rotatable bonds is 0. The predicted molar refractivity (Wildman–Crippen MR) is 59.9 cm³/mol. The fourth-order valence-corrected chi connectivity index (χ4v) is 3.54. The summed E-state index contributed by atoms with van der Waals surface area (Å²) in [4.78, 5) is 0. The highest BCUT2D eigenvalue weighted by Crippen LogP contribution is 2.44. The maximum atomic E-state index is 2.40. The highest BCUT2D eigenvalue weighted by atomic mass is 14.3. The van der Waals surface area contributed by atoms with Gasteiger partial charge in [0.05, 0.1) is 0 Å². The first-order valence-corrected chi connectivity index (χ1v) is 5.89. The Balaban J connectivity index is 2.30. The van der Waals surface area contributed by atoms with Crippen LogP contribution in [0.4, 0.5) is 0 Å². The second-order valence-corrected chi connectivity index (χ2v) is 5.01. The molecule has 0 amide bonds. The summed E-state index contributed by atoms with van der Waals surface area (Å²) in [5, 5.41) is 0. The van der Waals surface area contributed by atoms with Crippen molar-refractivity contribution in [3.05, 3.63) is 33.9 Å². The molecule has 0 aromatic heterocycles. The van der Waals surface area contributed by atoms with Crippen molar-refractivity contribution >= 4 is 0 Å². The van der Waals surface area contributed by atoms with Crippen molar-refractivity contribution in [3.63, 3.8) is 0 Å². The topological polar surface area (TPSA) is 0 Å². The zero-order valence-electron chi connectivity index (χ0n) is 9.19. The van der Waals surface area contributed by atoms with E-state index in [-0.39, 0.29) is 0 Å². The fourth-order valence-electron chi connectivity index (χ4n) is 3.54. The summed E-state index contributed by atoms with van der Waals surface area (Å²) in [5.41, 5.74) is 8.28. The van der Waals surface area contributed by atoms with Gasteiger partial charge in [-0.05, 0) is 79.7 Å². The van der Waals surface area contributed by atoms with Gasteiger partial charge in [-0.25, -0.2) is 0 Å². The average molecular weight is 186 g/mol. The van der Waals surface area contributed by atoms with Crippen molar-refractivity contribution in [2.24, 2.45) is 0 Å². The predicted octanol–water partition coefficient (Wildman–Crippen LogP) is 3.67. The first-order valence-electron chi connectivity index (χ1n) is 5.89. The molecule has 2 aliphatic rings. The SMILES string of the molecule is Cc1cc(C)c2c3c1CCCC3CC2. The molecule has 0 heterocycles. The van der Waals surface area contributed by atoms with E-state index in [4.69, 9.17) is 0 Å². The van der Waals surface area contributed by atoms with Crippen LogP contribution in [0.3, 0.4) is 0 Å². The Labute approximate surface area is 86.3 Å². The molecule has 0 nitrogen and oxygen atoms in total. The van der Waals surface area contributed by atoms with Gasteiger partial charge < -0.3 is 0 Å². The maximum Gasteiger partial charge on any atom is -0.0153 e.